The minimum atomic E-state index is -0.585. The zero-order valence-electron chi connectivity index (χ0n) is 12.6. The molecule has 2 rings (SSSR count). The van der Waals surface area contributed by atoms with Crippen molar-refractivity contribution in [2.24, 2.45) is 7.05 Å². The molecule has 7 nitrogen and oxygen atoms in total. The third-order valence-electron chi connectivity index (χ3n) is 2.83. The number of benzene rings is 1. The van der Waals surface area contributed by atoms with Crippen LogP contribution in [0.2, 0.25) is 0 Å². The van der Waals surface area contributed by atoms with Crippen LogP contribution < -0.4 is 14.2 Å². The molecular formula is C15H15NO6. The Morgan fingerprint density at radius 3 is 2.05 bits per heavy atom. The molecule has 0 aliphatic rings. The van der Waals surface area contributed by atoms with Gasteiger partial charge in [-0.15, -0.1) is 0 Å². The van der Waals surface area contributed by atoms with Crippen LogP contribution in [0.5, 0.6) is 17.4 Å². The zero-order valence-corrected chi connectivity index (χ0v) is 12.6. The van der Waals surface area contributed by atoms with Crippen molar-refractivity contribution in [3.05, 3.63) is 18.2 Å². The molecule has 0 radical (unpaired) electrons. The summed E-state index contributed by atoms with van der Waals surface area (Å²) in [6.45, 7) is 3.73. The summed E-state index contributed by atoms with van der Waals surface area (Å²) in [6, 6.07) is 4.96. The lowest BCUT2D eigenvalue weighted by atomic mass is 10.2. The first-order valence-electron chi connectivity index (χ1n) is 6.48. The molecule has 0 unspecified atom stereocenters. The highest BCUT2D eigenvalue weighted by Gasteiger charge is 2.24. The van der Waals surface area contributed by atoms with Gasteiger partial charge in [0.2, 0.25) is 11.6 Å². The van der Waals surface area contributed by atoms with Crippen LogP contribution in [0.3, 0.4) is 0 Å². The van der Waals surface area contributed by atoms with Crippen LogP contribution in [-0.4, -0.2) is 22.5 Å². The smallest absolute Gasteiger partial charge is 0.309 e. The van der Waals surface area contributed by atoms with Crippen molar-refractivity contribution >= 4 is 28.8 Å². The number of ether oxygens (including phenoxy) is 3. The molecule has 0 saturated carbocycles. The van der Waals surface area contributed by atoms with E-state index in [4.69, 9.17) is 14.2 Å². The van der Waals surface area contributed by atoms with Crippen molar-refractivity contribution in [3.63, 3.8) is 0 Å². The van der Waals surface area contributed by atoms with Gasteiger partial charge in [-0.05, 0) is 12.1 Å². The summed E-state index contributed by atoms with van der Waals surface area (Å²) in [7, 11) is 1.64. The molecule has 0 bridgehead atoms. The highest BCUT2D eigenvalue weighted by Crippen LogP contribution is 2.43. The second kappa shape index (κ2) is 5.88. The Hall–Kier alpha value is -2.83. The topological polar surface area (TPSA) is 83.8 Å². The maximum atomic E-state index is 11.4. The van der Waals surface area contributed by atoms with E-state index in [0.29, 0.717) is 10.9 Å². The Kier molecular flexibility index (Phi) is 4.16. The number of hydrogen-bond acceptors (Lipinski definition) is 6. The molecule has 1 aromatic carbocycles. The molecule has 116 valence electrons. The highest BCUT2D eigenvalue weighted by atomic mass is 16.6. The highest BCUT2D eigenvalue weighted by molar-refractivity contribution is 5.98. The first-order chi connectivity index (χ1) is 10.3. The molecule has 0 aliphatic carbocycles. The van der Waals surface area contributed by atoms with Crippen molar-refractivity contribution in [2.75, 3.05) is 0 Å². The van der Waals surface area contributed by atoms with Crippen LogP contribution >= 0.6 is 0 Å². The van der Waals surface area contributed by atoms with Gasteiger partial charge in [-0.2, -0.15) is 0 Å². The van der Waals surface area contributed by atoms with E-state index in [2.05, 4.69) is 0 Å². The maximum Gasteiger partial charge on any atom is 0.309 e. The fourth-order valence-corrected chi connectivity index (χ4v) is 2.13. The van der Waals surface area contributed by atoms with Gasteiger partial charge in [0.15, 0.2) is 0 Å². The molecule has 0 aliphatic heterocycles. The van der Waals surface area contributed by atoms with Gasteiger partial charge in [-0.1, -0.05) is 6.07 Å². The van der Waals surface area contributed by atoms with Gasteiger partial charge in [-0.25, -0.2) is 0 Å². The Morgan fingerprint density at radius 1 is 0.909 bits per heavy atom. The molecular weight excluding hydrogens is 290 g/mol. The fourth-order valence-electron chi connectivity index (χ4n) is 2.13. The number of hydrogen-bond donors (Lipinski definition) is 0. The fraction of sp³-hybridized carbons (Fsp3) is 0.267. The van der Waals surface area contributed by atoms with E-state index in [-0.39, 0.29) is 17.4 Å². The van der Waals surface area contributed by atoms with E-state index < -0.39 is 17.9 Å². The third kappa shape index (κ3) is 2.93. The summed E-state index contributed by atoms with van der Waals surface area (Å²) in [5.74, 6) is -1.34. The molecule has 22 heavy (non-hydrogen) atoms. The van der Waals surface area contributed by atoms with Gasteiger partial charge in [0.1, 0.15) is 5.75 Å². The van der Waals surface area contributed by atoms with Gasteiger partial charge in [0.25, 0.3) is 0 Å². The van der Waals surface area contributed by atoms with Gasteiger partial charge in [-0.3, -0.25) is 14.4 Å². The predicted octanol–water partition coefficient (Wildman–Crippen LogP) is 1.95. The van der Waals surface area contributed by atoms with Gasteiger partial charge >= 0.3 is 17.9 Å². The number of carbonyl (C=O) groups is 3. The van der Waals surface area contributed by atoms with Crippen LogP contribution in [-0.2, 0) is 21.4 Å². The molecule has 1 heterocycles. The molecule has 0 N–H and O–H groups in total. The summed E-state index contributed by atoms with van der Waals surface area (Å²) in [5, 5.41) is 0.381. The largest absolute Gasteiger partial charge is 0.426 e. The lowest BCUT2D eigenvalue weighted by Gasteiger charge is -2.06. The quantitative estimate of drug-likeness (QED) is 0.636. The Bertz CT molecular complexity index is 774. The number of rotatable bonds is 3. The van der Waals surface area contributed by atoms with Gasteiger partial charge in [0.05, 0.1) is 10.9 Å². The number of fused-ring (bicyclic) bond motifs is 1. The Labute approximate surface area is 126 Å². The van der Waals surface area contributed by atoms with Crippen molar-refractivity contribution in [2.45, 2.75) is 20.8 Å². The van der Waals surface area contributed by atoms with E-state index in [9.17, 15) is 14.4 Å². The van der Waals surface area contributed by atoms with E-state index in [0.717, 1.165) is 0 Å². The molecule has 0 saturated heterocycles. The van der Waals surface area contributed by atoms with Crippen molar-refractivity contribution in [1.82, 2.24) is 4.57 Å². The molecule has 2 aromatic rings. The average Bonchev–Trinajstić information content (AvgIpc) is 2.64. The first-order valence-corrected chi connectivity index (χ1v) is 6.48. The number of carbonyl (C=O) groups excluding carboxylic acids is 3. The predicted molar refractivity (Wildman–Crippen MR) is 76.8 cm³/mol. The zero-order chi connectivity index (χ0) is 16.4. The summed E-state index contributed by atoms with van der Waals surface area (Å²) in [5.41, 5.74) is 0.589. The lowest BCUT2D eigenvalue weighted by molar-refractivity contribution is -0.134. The van der Waals surface area contributed by atoms with E-state index in [1.54, 1.807) is 29.8 Å². The number of esters is 3. The number of aromatic nitrogens is 1. The second-order valence-corrected chi connectivity index (χ2v) is 4.62. The molecule has 0 atom stereocenters. The standard InChI is InChI=1S/C15H15NO6/c1-8(17)20-12-7-5-6-11-13(12)14(21-9(2)18)15(16(11)4)22-10(3)19/h5-7H,1-4H3. The second-order valence-electron chi connectivity index (χ2n) is 4.62. The van der Waals surface area contributed by atoms with E-state index in [1.807, 2.05) is 0 Å². The lowest BCUT2D eigenvalue weighted by Crippen LogP contribution is -2.08. The summed E-state index contributed by atoms with van der Waals surface area (Å²) in [4.78, 5) is 33.9. The normalized spacial score (nSPS) is 10.4. The molecule has 0 spiro atoms. The molecule has 0 fully saturated rings. The number of nitrogens with zero attached hydrogens (tertiary/aromatic N) is 1. The molecule has 1 aromatic heterocycles. The van der Waals surface area contributed by atoms with Gasteiger partial charge < -0.3 is 18.8 Å². The monoisotopic (exact) mass is 305 g/mol. The Morgan fingerprint density at radius 2 is 1.50 bits per heavy atom. The maximum absolute atomic E-state index is 11.4. The van der Waals surface area contributed by atoms with Crippen LogP contribution in [0, 0.1) is 0 Å². The third-order valence-corrected chi connectivity index (χ3v) is 2.83. The molecule has 7 heteroatoms. The Balaban J connectivity index is 2.77. The number of aryl methyl sites for hydroxylation is 1. The van der Waals surface area contributed by atoms with Gasteiger partial charge in [0, 0.05) is 27.8 Å². The summed E-state index contributed by atoms with van der Waals surface area (Å²) in [6.07, 6.45) is 0. The summed E-state index contributed by atoms with van der Waals surface area (Å²) >= 11 is 0. The van der Waals surface area contributed by atoms with Crippen LogP contribution in [0.4, 0.5) is 0 Å². The molecule has 0 amide bonds. The first kappa shape index (κ1) is 15.6. The average molecular weight is 305 g/mol. The van der Waals surface area contributed by atoms with E-state index >= 15 is 0 Å². The minimum Gasteiger partial charge on any atom is -0.426 e. The van der Waals surface area contributed by atoms with Crippen LogP contribution in [0.1, 0.15) is 20.8 Å². The van der Waals surface area contributed by atoms with Crippen LogP contribution in [0.15, 0.2) is 18.2 Å². The SMILES string of the molecule is CC(=O)Oc1cccc2c1c(OC(C)=O)c(OC(C)=O)n2C. The van der Waals surface area contributed by atoms with E-state index in [1.165, 1.54) is 20.8 Å². The summed E-state index contributed by atoms with van der Waals surface area (Å²) < 4.78 is 17.0. The van der Waals surface area contributed by atoms with Crippen LogP contribution in [0.25, 0.3) is 10.9 Å². The van der Waals surface area contributed by atoms with Crippen molar-refractivity contribution in [1.29, 1.82) is 0 Å². The minimum absolute atomic E-state index is 0.0389. The van der Waals surface area contributed by atoms with Crippen molar-refractivity contribution in [3.8, 4) is 17.4 Å². The van der Waals surface area contributed by atoms with Crippen molar-refractivity contribution < 1.29 is 28.6 Å².